The van der Waals surface area contributed by atoms with Crippen LogP contribution in [-0.4, -0.2) is 49.2 Å². The number of carbonyl (C=O) groups is 2. The van der Waals surface area contributed by atoms with Gasteiger partial charge >= 0.3 is 6.09 Å². The fourth-order valence-corrected chi connectivity index (χ4v) is 1.37. The minimum atomic E-state index is -0.916. The van der Waals surface area contributed by atoms with Crippen molar-refractivity contribution in [3.05, 3.63) is 0 Å². The summed E-state index contributed by atoms with van der Waals surface area (Å²) in [6.07, 6.45) is -1.70. The molecule has 1 rings (SSSR count). The van der Waals surface area contributed by atoms with Gasteiger partial charge in [-0.05, 0) is 6.92 Å². The monoisotopic (exact) mass is 201 g/mol. The third-order valence-corrected chi connectivity index (χ3v) is 2.07. The van der Waals surface area contributed by atoms with Crippen LogP contribution in [-0.2, 0) is 9.53 Å². The van der Waals surface area contributed by atoms with Crippen molar-refractivity contribution in [1.82, 2.24) is 10.2 Å². The van der Waals surface area contributed by atoms with Crippen molar-refractivity contribution >= 4 is 12.0 Å². The molecule has 0 aromatic rings. The second-order valence-electron chi connectivity index (χ2n) is 3.15. The van der Waals surface area contributed by atoms with Crippen LogP contribution in [0.15, 0.2) is 0 Å². The van der Waals surface area contributed by atoms with Gasteiger partial charge in [0.15, 0.2) is 6.10 Å². The van der Waals surface area contributed by atoms with Crippen LogP contribution < -0.4 is 11.1 Å². The fourth-order valence-electron chi connectivity index (χ4n) is 1.37. The number of nitrogens with zero attached hydrogens (tertiary/aromatic N) is 1. The Balaban J connectivity index is 2.42. The van der Waals surface area contributed by atoms with E-state index in [0.717, 1.165) is 13.1 Å². The molecule has 0 aromatic carbocycles. The van der Waals surface area contributed by atoms with Crippen molar-refractivity contribution in [3.63, 3.8) is 0 Å². The summed E-state index contributed by atoms with van der Waals surface area (Å²) < 4.78 is 4.59. The molecule has 0 spiro atoms. The van der Waals surface area contributed by atoms with E-state index < -0.39 is 12.2 Å². The lowest BCUT2D eigenvalue weighted by Gasteiger charge is -2.29. The molecule has 0 bridgehead atoms. The van der Waals surface area contributed by atoms with Crippen LogP contribution in [0.25, 0.3) is 0 Å². The number of piperazine rings is 1. The van der Waals surface area contributed by atoms with Gasteiger partial charge in [0.2, 0.25) is 0 Å². The molecule has 80 valence electrons. The van der Waals surface area contributed by atoms with Crippen LogP contribution in [0.1, 0.15) is 6.92 Å². The lowest BCUT2D eigenvalue weighted by Crippen LogP contribution is -2.50. The zero-order valence-electron chi connectivity index (χ0n) is 8.16. The second-order valence-corrected chi connectivity index (χ2v) is 3.15. The molecule has 2 amide bonds. The standard InChI is InChI=1S/C8H15N3O3/c1-6(14-8(9)13)7(12)11-4-2-10-3-5-11/h6,10H,2-5H2,1H3,(H2,9,13)/t6-/m0/s1. The van der Waals surface area contributed by atoms with Crippen LogP contribution in [0, 0.1) is 0 Å². The first kappa shape index (κ1) is 10.8. The molecule has 1 aliphatic rings. The summed E-state index contributed by atoms with van der Waals surface area (Å²) in [7, 11) is 0. The number of hydrogen-bond donors (Lipinski definition) is 2. The summed E-state index contributed by atoms with van der Waals surface area (Å²) in [6, 6.07) is 0. The quantitative estimate of drug-likeness (QED) is 0.594. The molecule has 1 atom stereocenters. The fraction of sp³-hybridized carbons (Fsp3) is 0.750. The normalized spacial score (nSPS) is 18.8. The molecule has 3 N–H and O–H groups in total. The maximum Gasteiger partial charge on any atom is 0.405 e. The summed E-state index contributed by atoms with van der Waals surface area (Å²) >= 11 is 0. The largest absolute Gasteiger partial charge is 0.437 e. The number of nitrogens with two attached hydrogens (primary N) is 1. The first-order valence-corrected chi connectivity index (χ1v) is 4.57. The van der Waals surface area contributed by atoms with Gasteiger partial charge in [-0.25, -0.2) is 4.79 Å². The first-order valence-electron chi connectivity index (χ1n) is 4.57. The predicted octanol–water partition coefficient (Wildman–Crippen LogP) is -1.10. The summed E-state index contributed by atoms with van der Waals surface area (Å²) in [6.45, 7) is 4.36. The maximum atomic E-state index is 11.6. The van der Waals surface area contributed by atoms with Gasteiger partial charge in [0.05, 0.1) is 0 Å². The van der Waals surface area contributed by atoms with E-state index in [2.05, 4.69) is 10.1 Å². The van der Waals surface area contributed by atoms with Gasteiger partial charge in [-0.3, -0.25) is 4.79 Å². The van der Waals surface area contributed by atoms with E-state index in [4.69, 9.17) is 5.73 Å². The van der Waals surface area contributed by atoms with Crippen molar-refractivity contribution in [1.29, 1.82) is 0 Å². The maximum absolute atomic E-state index is 11.6. The molecule has 0 aliphatic carbocycles. The van der Waals surface area contributed by atoms with Gasteiger partial charge in [-0.15, -0.1) is 0 Å². The average Bonchev–Trinajstić information content (AvgIpc) is 2.17. The second kappa shape index (κ2) is 4.80. The zero-order valence-corrected chi connectivity index (χ0v) is 8.16. The summed E-state index contributed by atoms with van der Waals surface area (Å²) in [5.41, 5.74) is 4.82. The van der Waals surface area contributed by atoms with E-state index in [1.807, 2.05) is 0 Å². The molecular formula is C8H15N3O3. The van der Waals surface area contributed by atoms with Gasteiger partial charge < -0.3 is 20.7 Å². The Morgan fingerprint density at radius 3 is 2.50 bits per heavy atom. The molecule has 0 aromatic heterocycles. The Labute approximate surface area is 82.4 Å². The van der Waals surface area contributed by atoms with Crippen molar-refractivity contribution in [2.45, 2.75) is 13.0 Å². The van der Waals surface area contributed by atoms with Crippen LogP contribution >= 0.6 is 0 Å². The Hall–Kier alpha value is -1.30. The molecular weight excluding hydrogens is 186 g/mol. The Morgan fingerprint density at radius 1 is 1.43 bits per heavy atom. The number of carbonyl (C=O) groups excluding carboxylic acids is 2. The number of hydrogen-bond acceptors (Lipinski definition) is 4. The number of primary amides is 1. The molecule has 6 nitrogen and oxygen atoms in total. The Bertz CT molecular complexity index is 226. The van der Waals surface area contributed by atoms with E-state index in [0.29, 0.717) is 13.1 Å². The lowest BCUT2D eigenvalue weighted by molar-refractivity contribution is -0.139. The van der Waals surface area contributed by atoms with E-state index >= 15 is 0 Å². The molecule has 0 unspecified atom stereocenters. The highest BCUT2D eigenvalue weighted by Gasteiger charge is 2.23. The summed E-state index contributed by atoms with van der Waals surface area (Å²) in [5.74, 6) is -0.190. The van der Waals surface area contributed by atoms with Crippen molar-refractivity contribution in [2.75, 3.05) is 26.2 Å². The smallest absolute Gasteiger partial charge is 0.405 e. The van der Waals surface area contributed by atoms with E-state index in [9.17, 15) is 9.59 Å². The third kappa shape index (κ3) is 2.88. The molecule has 1 saturated heterocycles. The molecule has 0 saturated carbocycles. The Morgan fingerprint density at radius 2 is 2.00 bits per heavy atom. The molecule has 0 radical (unpaired) electrons. The first-order chi connectivity index (χ1) is 6.61. The average molecular weight is 201 g/mol. The number of nitrogens with one attached hydrogen (secondary N) is 1. The van der Waals surface area contributed by atoms with Gasteiger partial charge in [-0.1, -0.05) is 0 Å². The van der Waals surface area contributed by atoms with Crippen LogP contribution in [0.5, 0.6) is 0 Å². The number of ether oxygens (including phenoxy) is 1. The van der Waals surface area contributed by atoms with Gasteiger partial charge in [0.25, 0.3) is 5.91 Å². The molecule has 6 heteroatoms. The minimum Gasteiger partial charge on any atom is -0.437 e. The van der Waals surface area contributed by atoms with Gasteiger partial charge in [0.1, 0.15) is 0 Å². The van der Waals surface area contributed by atoms with Gasteiger partial charge in [-0.2, -0.15) is 0 Å². The highest BCUT2D eigenvalue weighted by atomic mass is 16.6. The summed E-state index contributed by atoms with van der Waals surface area (Å²) in [4.78, 5) is 23.7. The van der Waals surface area contributed by atoms with Crippen LogP contribution in [0.3, 0.4) is 0 Å². The van der Waals surface area contributed by atoms with Crippen LogP contribution in [0.4, 0.5) is 4.79 Å². The molecule has 1 heterocycles. The highest BCUT2D eigenvalue weighted by Crippen LogP contribution is 2.00. The third-order valence-electron chi connectivity index (χ3n) is 2.07. The SMILES string of the molecule is C[C@H](OC(N)=O)C(=O)N1CCNCC1. The molecule has 1 fully saturated rings. The summed E-state index contributed by atoms with van der Waals surface area (Å²) in [5, 5.41) is 3.12. The van der Waals surface area contributed by atoms with E-state index in [1.54, 1.807) is 4.90 Å². The van der Waals surface area contributed by atoms with Gasteiger partial charge in [0, 0.05) is 26.2 Å². The topological polar surface area (TPSA) is 84.7 Å². The number of rotatable bonds is 2. The number of amides is 2. The predicted molar refractivity (Wildman–Crippen MR) is 49.6 cm³/mol. The molecule has 14 heavy (non-hydrogen) atoms. The van der Waals surface area contributed by atoms with E-state index in [1.165, 1.54) is 6.92 Å². The van der Waals surface area contributed by atoms with Crippen molar-refractivity contribution < 1.29 is 14.3 Å². The van der Waals surface area contributed by atoms with Crippen LogP contribution in [0.2, 0.25) is 0 Å². The van der Waals surface area contributed by atoms with Crippen molar-refractivity contribution in [3.8, 4) is 0 Å². The highest BCUT2D eigenvalue weighted by molar-refractivity contribution is 5.83. The lowest BCUT2D eigenvalue weighted by atomic mass is 10.3. The molecule has 1 aliphatic heterocycles. The zero-order chi connectivity index (χ0) is 10.6. The Kier molecular flexibility index (Phi) is 3.70. The van der Waals surface area contributed by atoms with Crippen molar-refractivity contribution in [2.24, 2.45) is 5.73 Å². The van der Waals surface area contributed by atoms with E-state index in [-0.39, 0.29) is 5.91 Å². The minimum absolute atomic E-state index is 0.190.